The van der Waals surface area contributed by atoms with Crippen LogP contribution in [0.2, 0.25) is 5.02 Å². The third kappa shape index (κ3) is 3.20. The Balaban J connectivity index is 2.22. The molecule has 19 heavy (non-hydrogen) atoms. The third-order valence-corrected chi connectivity index (χ3v) is 2.71. The van der Waals surface area contributed by atoms with Gasteiger partial charge in [0.1, 0.15) is 11.6 Å². The Labute approximate surface area is 113 Å². The van der Waals surface area contributed by atoms with Gasteiger partial charge in [-0.3, -0.25) is 4.79 Å². The van der Waals surface area contributed by atoms with Crippen LogP contribution in [0.1, 0.15) is 10.4 Å². The number of rotatable bonds is 2. The van der Waals surface area contributed by atoms with Crippen LogP contribution < -0.4 is 11.1 Å². The molecule has 0 fully saturated rings. The van der Waals surface area contributed by atoms with E-state index in [1.807, 2.05) is 0 Å². The largest absolute Gasteiger partial charge is 0.398 e. The lowest BCUT2D eigenvalue weighted by Gasteiger charge is -2.07. The van der Waals surface area contributed by atoms with Crippen molar-refractivity contribution in [3.8, 4) is 0 Å². The molecule has 2 aromatic rings. The lowest BCUT2D eigenvalue weighted by molar-refractivity contribution is 0.102. The fraction of sp³-hybridized carbons (Fsp3) is 0. The van der Waals surface area contributed by atoms with E-state index in [2.05, 4.69) is 5.32 Å². The molecule has 0 heterocycles. The van der Waals surface area contributed by atoms with Crippen LogP contribution in [-0.2, 0) is 0 Å². The van der Waals surface area contributed by atoms with Gasteiger partial charge in [-0.2, -0.15) is 0 Å². The first-order chi connectivity index (χ1) is 8.95. The number of hydrogen-bond acceptors (Lipinski definition) is 2. The average Bonchev–Trinajstić information content (AvgIpc) is 2.31. The number of nitrogen functional groups attached to an aromatic ring is 1. The zero-order chi connectivity index (χ0) is 14.0. The number of nitrogens with one attached hydrogen (secondary N) is 1. The molecular weight excluding hydrogens is 274 g/mol. The molecule has 0 bridgehead atoms. The van der Waals surface area contributed by atoms with Crippen LogP contribution >= 0.6 is 11.6 Å². The normalized spacial score (nSPS) is 10.3. The Hall–Kier alpha value is -2.14. The predicted molar refractivity (Wildman–Crippen MR) is 70.2 cm³/mol. The molecule has 0 unspecified atom stereocenters. The van der Waals surface area contributed by atoms with E-state index in [4.69, 9.17) is 17.3 Å². The fourth-order valence-corrected chi connectivity index (χ4v) is 1.68. The van der Waals surface area contributed by atoms with Gasteiger partial charge in [0.2, 0.25) is 0 Å². The van der Waals surface area contributed by atoms with Gasteiger partial charge in [-0.25, -0.2) is 8.78 Å². The first-order valence-electron chi connectivity index (χ1n) is 5.28. The maximum absolute atomic E-state index is 13.0. The molecule has 0 spiro atoms. The van der Waals surface area contributed by atoms with Crippen LogP contribution in [0.3, 0.4) is 0 Å². The summed E-state index contributed by atoms with van der Waals surface area (Å²) in [5.74, 6) is -2.08. The van der Waals surface area contributed by atoms with E-state index in [0.29, 0.717) is 5.69 Å². The van der Waals surface area contributed by atoms with E-state index in [1.165, 1.54) is 18.2 Å². The van der Waals surface area contributed by atoms with Crippen LogP contribution in [0.4, 0.5) is 20.2 Å². The summed E-state index contributed by atoms with van der Waals surface area (Å²) in [7, 11) is 0. The summed E-state index contributed by atoms with van der Waals surface area (Å²) in [5.41, 5.74) is 6.12. The minimum absolute atomic E-state index is 0.0236. The molecule has 0 radical (unpaired) electrons. The fourth-order valence-electron chi connectivity index (χ4n) is 1.50. The molecule has 0 atom stereocenters. The second-order valence-electron chi connectivity index (χ2n) is 3.85. The van der Waals surface area contributed by atoms with Crippen LogP contribution in [0.25, 0.3) is 0 Å². The van der Waals surface area contributed by atoms with Gasteiger partial charge >= 0.3 is 0 Å². The van der Waals surface area contributed by atoms with E-state index in [9.17, 15) is 13.6 Å². The summed E-state index contributed by atoms with van der Waals surface area (Å²) in [6.07, 6.45) is 0. The Morgan fingerprint density at radius 2 is 1.74 bits per heavy atom. The molecular formula is C13H9ClF2N2O. The summed E-state index contributed by atoms with van der Waals surface area (Å²) < 4.78 is 25.9. The highest BCUT2D eigenvalue weighted by molar-refractivity contribution is 6.33. The molecule has 3 N–H and O–H groups in total. The van der Waals surface area contributed by atoms with E-state index >= 15 is 0 Å². The number of anilines is 2. The molecule has 2 aromatic carbocycles. The Morgan fingerprint density at radius 1 is 1.11 bits per heavy atom. The zero-order valence-electron chi connectivity index (χ0n) is 9.58. The van der Waals surface area contributed by atoms with Crippen molar-refractivity contribution < 1.29 is 13.6 Å². The van der Waals surface area contributed by atoms with Crippen molar-refractivity contribution >= 4 is 28.9 Å². The van der Waals surface area contributed by atoms with Crippen molar-refractivity contribution in [2.24, 2.45) is 0 Å². The quantitative estimate of drug-likeness (QED) is 0.829. The molecule has 0 saturated carbocycles. The lowest BCUT2D eigenvalue weighted by atomic mass is 10.2. The number of carbonyl (C=O) groups is 1. The maximum atomic E-state index is 13.0. The van der Waals surface area contributed by atoms with Gasteiger partial charge in [0.25, 0.3) is 5.91 Å². The lowest BCUT2D eigenvalue weighted by Crippen LogP contribution is -2.12. The first kappa shape index (κ1) is 13.3. The molecule has 0 aliphatic carbocycles. The van der Waals surface area contributed by atoms with Gasteiger partial charge in [-0.1, -0.05) is 11.6 Å². The Morgan fingerprint density at radius 3 is 2.32 bits per heavy atom. The van der Waals surface area contributed by atoms with Gasteiger partial charge in [-0.05, 0) is 30.3 Å². The Kier molecular flexibility index (Phi) is 3.66. The third-order valence-electron chi connectivity index (χ3n) is 2.38. The summed E-state index contributed by atoms with van der Waals surface area (Å²) in [6, 6.07) is 7.06. The SMILES string of the molecule is Nc1ccc(C(=O)Nc2cc(F)cc(F)c2)cc1Cl. The van der Waals surface area contributed by atoms with E-state index in [1.54, 1.807) is 0 Å². The molecule has 2 rings (SSSR count). The molecule has 0 aliphatic rings. The van der Waals surface area contributed by atoms with E-state index in [0.717, 1.165) is 18.2 Å². The number of halogens is 3. The van der Waals surface area contributed by atoms with Crippen molar-refractivity contribution in [1.82, 2.24) is 0 Å². The van der Waals surface area contributed by atoms with Crippen molar-refractivity contribution in [1.29, 1.82) is 0 Å². The molecule has 0 aliphatic heterocycles. The highest BCUT2D eigenvalue weighted by Gasteiger charge is 2.09. The monoisotopic (exact) mass is 282 g/mol. The van der Waals surface area contributed by atoms with Gasteiger partial charge in [0.05, 0.1) is 10.7 Å². The molecule has 0 aromatic heterocycles. The molecule has 6 heteroatoms. The van der Waals surface area contributed by atoms with E-state index in [-0.39, 0.29) is 16.3 Å². The van der Waals surface area contributed by atoms with E-state index < -0.39 is 17.5 Å². The summed E-state index contributed by atoms with van der Waals surface area (Å²) in [6.45, 7) is 0. The number of hydrogen-bond donors (Lipinski definition) is 2. The van der Waals surface area contributed by atoms with Crippen molar-refractivity contribution in [3.05, 3.63) is 58.6 Å². The van der Waals surface area contributed by atoms with Gasteiger partial charge in [-0.15, -0.1) is 0 Å². The number of amides is 1. The van der Waals surface area contributed by atoms with Gasteiger partial charge in [0.15, 0.2) is 0 Å². The van der Waals surface area contributed by atoms with Gasteiger partial charge < -0.3 is 11.1 Å². The number of nitrogens with two attached hydrogens (primary N) is 1. The second kappa shape index (κ2) is 5.24. The molecule has 0 saturated heterocycles. The van der Waals surface area contributed by atoms with Crippen LogP contribution in [0, 0.1) is 11.6 Å². The summed E-state index contributed by atoms with van der Waals surface area (Å²) in [4.78, 5) is 11.8. The smallest absolute Gasteiger partial charge is 0.255 e. The minimum atomic E-state index is -0.773. The Bertz CT molecular complexity index is 626. The highest BCUT2D eigenvalue weighted by atomic mass is 35.5. The van der Waals surface area contributed by atoms with Crippen molar-refractivity contribution in [2.75, 3.05) is 11.1 Å². The van der Waals surface area contributed by atoms with Crippen molar-refractivity contribution in [2.45, 2.75) is 0 Å². The topological polar surface area (TPSA) is 55.1 Å². The highest BCUT2D eigenvalue weighted by Crippen LogP contribution is 2.21. The summed E-state index contributed by atoms with van der Waals surface area (Å²) in [5, 5.41) is 2.60. The number of benzene rings is 2. The second-order valence-corrected chi connectivity index (χ2v) is 4.26. The molecule has 98 valence electrons. The minimum Gasteiger partial charge on any atom is -0.398 e. The zero-order valence-corrected chi connectivity index (χ0v) is 10.3. The standard InChI is InChI=1S/C13H9ClF2N2O/c14-11-3-7(1-2-12(11)17)13(19)18-10-5-8(15)4-9(16)6-10/h1-6H,17H2,(H,18,19). The maximum Gasteiger partial charge on any atom is 0.255 e. The molecule has 1 amide bonds. The van der Waals surface area contributed by atoms with Crippen molar-refractivity contribution in [3.63, 3.8) is 0 Å². The first-order valence-corrected chi connectivity index (χ1v) is 5.66. The van der Waals surface area contributed by atoms with Gasteiger partial charge in [0, 0.05) is 17.3 Å². The van der Waals surface area contributed by atoms with Crippen LogP contribution in [0.15, 0.2) is 36.4 Å². The summed E-state index contributed by atoms with van der Waals surface area (Å²) >= 11 is 5.79. The predicted octanol–water partition coefficient (Wildman–Crippen LogP) is 3.45. The molecule has 3 nitrogen and oxygen atoms in total. The van der Waals surface area contributed by atoms with Crippen LogP contribution in [-0.4, -0.2) is 5.91 Å². The van der Waals surface area contributed by atoms with Crippen LogP contribution in [0.5, 0.6) is 0 Å². The number of carbonyl (C=O) groups excluding carboxylic acids is 1. The average molecular weight is 283 g/mol.